The fourth-order valence-corrected chi connectivity index (χ4v) is 4.26. The SMILES string of the molecule is O=C(Cc1cccs1)N[C@@H]1CCc2c(ccc(=O)n2CC2CC2)C1. The predicted molar refractivity (Wildman–Crippen MR) is 95.4 cm³/mol. The number of carbonyl (C=O) groups excluding carboxylic acids is 1. The molecule has 0 unspecified atom stereocenters. The maximum Gasteiger partial charge on any atom is 0.250 e. The normalized spacial score (nSPS) is 19.8. The van der Waals surface area contributed by atoms with Gasteiger partial charge in [0.25, 0.3) is 5.56 Å². The molecule has 0 radical (unpaired) electrons. The van der Waals surface area contributed by atoms with Crippen LogP contribution < -0.4 is 10.9 Å². The number of aromatic nitrogens is 1. The Morgan fingerprint density at radius 2 is 2.12 bits per heavy atom. The Kier molecular flexibility index (Phi) is 4.27. The molecule has 0 aliphatic heterocycles. The highest BCUT2D eigenvalue weighted by molar-refractivity contribution is 7.10. The summed E-state index contributed by atoms with van der Waals surface area (Å²) in [5, 5.41) is 5.16. The minimum Gasteiger partial charge on any atom is -0.353 e. The third-order valence-electron chi connectivity index (χ3n) is 5.00. The zero-order valence-electron chi connectivity index (χ0n) is 13.7. The van der Waals surface area contributed by atoms with E-state index in [4.69, 9.17) is 0 Å². The van der Waals surface area contributed by atoms with Crippen LogP contribution in [0, 0.1) is 5.92 Å². The molecule has 1 amide bonds. The molecule has 24 heavy (non-hydrogen) atoms. The number of fused-ring (bicyclic) bond motifs is 1. The van der Waals surface area contributed by atoms with Gasteiger partial charge in [-0.2, -0.15) is 0 Å². The van der Waals surface area contributed by atoms with Crippen molar-refractivity contribution in [3.8, 4) is 0 Å². The topological polar surface area (TPSA) is 51.1 Å². The molecule has 0 bridgehead atoms. The van der Waals surface area contributed by atoms with E-state index in [9.17, 15) is 9.59 Å². The van der Waals surface area contributed by atoms with Crippen LogP contribution in [0.25, 0.3) is 0 Å². The van der Waals surface area contributed by atoms with Crippen LogP contribution in [-0.4, -0.2) is 16.5 Å². The zero-order valence-corrected chi connectivity index (χ0v) is 14.5. The molecular formula is C19H22N2O2S. The molecule has 5 heteroatoms. The highest BCUT2D eigenvalue weighted by atomic mass is 32.1. The number of nitrogens with one attached hydrogen (secondary N) is 1. The van der Waals surface area contributed by atoms with Crippen molar-refractivity contribution in [2.45, 2.75) is 51.1 Å². The molecule has 0 saturated heterocycles. The van der Waals surface area contributed by atoms with E-state index in [2.05, 4.69) is 5.32 Å². The van der Waals surface area contributed by atoms with Crippen LogP contribution >= 0.6 is 11.3 Å². The minimum atomic E-state index is 0.0946. The molecule has 0 spiro atoms. The summed E-state index contributed by atoms with van der Waals surface area (Å²) in [5.74, 6) is 0.787. The van der Waals surface area contributed by atoms with Gasteiger partial charge in [-0.15, -0.1) is 11.3 Å². The van der Waals surface area contributed by atoms with Gasteiger partial charge in [0.1, 0.15) is 0 Å². The number of carbonyl (C=O) groups is 1. The smallest absolute Gasteiger partial charge is 0.250 e. The average molecular weight is 342 g/mol. The Labute approximate surface area is 145 Å². The standard InChI is InChI=1S/C19H22N2O2S/c22-18(11-16-2-1-9-24-16)20-15-6-7-17-14(10-15)5-8-19(23)21(17)12-13-3-4-13/h1-2,5,8-9,13,15H,3-4,6-7,10-12H2,(H,20,22)/t15-/m1/s1. The molecule has 126 valence electrons. The fourth-order valence-electron chi connectivity index (χ4n) is 3.56. The number of nitrogens with zero attached hydrogens (tertiary/aromatic N) is 1. The van der Waals surface area contributed by atoms with Crippen LogP contribution in [0.15, 0.2) is 34.4 Å². The molecule has 2 aliphatic carbocycles. The molecule has 4 nitrogen and oxygen atoms in total. The maximum atomic E-state index is 12.2. The molecule has 2 heterocycles. The molecule has 1 N–H and O–H groups in total. The zero-order chi connectivity index (χ0) is 16.5. The second-order valence-corrected chi connectivity index (χ2v) is 7.99. The predicted octanol–water partition coefficient (Wildman–Crippen LogP) is 2.54. The van der Waals surface area contributed by atoms with Crippen LogP contribution in [-0.2, 0) is 30.6 Å². The van der Waals surface area contributed by atoms with Gasteiger partial charge in [-0.05, 0) is 55.0 Å². The summed E-state index contributed by atoms with van der Waals surface area (Å²) in [7, 11) is 0. The summed E-state index contributed by atoms with van der Waals surface area (Å²) >= 11 is 1.62. The quantitative estimate of drug-likeness (QED) is 0.908. The van der Waals surface area contributed by atoms with Gasteiger partial charge >= 0.3 is 0 Å². The van der Waals surface area contributed by atoms with E-state index in [-0.39, 0.29) is 17.5 Å². The van der Waals surface area contributed by atoms with Crippen LogP contribution in [0.3, 0.4) is 0 Å². The Morgan fingerprint density at radius 1 is 1.25 bits per heavy atom. The first-order chi connectivity index (χ1) is 11.7. The minimum absolute atomic E-state index is 0.0946. The van der Waals surface area contributed by atoms with Gasteiger partial charge in [-0.25, -0.2) is 0 Å². The van der Waals surface area contributed by atoms with E-state index in [1.165, 1.54) is 24.1 Å². The van der Waals surface area contributed by atoms with Gasteiger partial charge in [-0.1, -0.05) is 12.1 Å². The maximum absolute atomic E-state index is 12.2. The first kappa shape index (κ1) is 15.6. The lowest BCUT2D eigenvalue weighted by Gasteiger charge is -2.27. The molecule has 1 saturated carbocycles. The molecule has 2 aromatic heterocycles. The van der Waals surface area contributed by atoms with Gasteiger partial charge in [0.05, 0.1) is 6.42 Å². The third-order valence-corrected chi connectivity index (χ3v) is 5.88. The average Bonchev–Trinajstić information content (AvgIpc) is 3.24. The summed E-state index contributed by atoms with van der Waals surface area (Å²) in [4.78, 5) is 25.5. The molecular weight excluding hydrogens is 320 g/mol. The molecule has 2 aliphatic rings. The number of thiophene rings is 1. The van der Waals surface area contributed by atoms with Gasteiger partial charge < -0.3 is 9.88 Å². The van der Waals surface area contributed by atoms with E-state index < -0.39 is 0 Å². The number of pyridine rings is 1. The second-order valence-electron chi connectivity index (χ2n) is 6.96. The van der Waals surface area contributed by atoms with E-state index in [0.29, 0.717) is 12.3 Å². The molecule has 4 rings (SSSR count). The summed E-state index contributed by atoms with van der Waals surface area (Å²) in [5.41, 5.74) is 2.54. The first-order valence-electron chi connectivity index (χ1n) is 8.72. The molecule has 0 aromatic carbocycles. The van der Waals surface area contributed by atoms with E-state index in [0.717, 1.165) is 30.7 Å². The Morgan fingerprint density at radius 3 is 2.88 bits per heavy atom. The van der Waals surface area contributed by atoms with Crippen LogP contribution in [0.5, 0.6) is 0 Å². The van der Waals surface area contributed by atoms with Crippen LogP contribution in [0.2, 0.25) is 0 Å². The first-order valence-corrected chi connectivity index (χ1v) is 9.60. The monoisotopic (exact) mass is 342 g/mol. The molecule has 1 atom stereocenters. The van der Waals surface area contributed by atoms with Crippen molar-refractivity contribution in [2.24, 2.45) is 5.92 Å². The van der Waals surface area contributed by atoms with Crippen molar-refractivity contribution in [1.82, 2.24) is 9.88 Å². The number of amides is 1. The summed E-state index contributed by atoms with van der Waals surface area (Å²) in [6.45, 7) is 0.872. The summed E-state index contributed by atoms with van der Waals surface area (Å²) < 4.78 is 1.98. The number of hydrogen-bond donors (Lipinski definition) is 1. The second kappa shape index (κ2) is 6.55. The number of rotatable bonds is 5. The summed E-state index contributed by atoms with van der Waals surface area (Å²) in [6.07, 6.45) is 5.58. The van der Waals surface area contributed by atoms with Gasteiger partial charge in [-0.3, -0.25) is 9.59 Å². The van der Waals surface area contributed by atoms with Crippen molar-refractivity contribution < 1.29 is 4.79 Å². The highest BCUT2D eigenvalue weighted by Gasteiger charge is 2.27. The highest BCUT2D eigenvalue weighted by Crippen LogP contribution is 2.31. The van der Waals surface area contributed by atoms with E-state index in [1.54, 1.807) is 17.4 Å². The van der Waals surface area contributed by atoms with Crippen molar-refractivity contribution >= 4 is 17.2 Å². The lowest BCUT2D eigenvalue weighted by atomic mass is 9.91. The van der Waals surface area contributed by atoms with Crippen molar-refractivity contribution in [1.29, 1.82) is 0 Å². The summed E-state index contributed by atoms with van der Waals surface area (Å²) in [6, 6.07) is 7.80. The fraction of sp³-hybridized carbons (Fsp3) is 0.474. The van der Waals surface area contributed by atoms with E-state index >= 15 is 0 Å². The van der Waals surface area contributed by atoms with Crippen molar-refractivity contribution in [3.63, 3.8) is 0 Å². The Balaban J connectivity index is 1.44. The number of hydrogen-bond acceptors (Lipinski definition) is 3. The largest absolute Gasteiger partial charge is 0.353 e. The third kappa shape index (κ3) is 3.46. The van der Waals surface area contributed by atoms with Gasteiger partial charge in [0.2, 0.25) is 5.91 Å². The van der Waals surface area contributed by atoms with Crippen LogP contribution in [0.1, 0.15) is 35.4 Å². The molecule has 2 aromatic rings. The van der Waals surface area contributed by atoms with Crippen molar-refractivity contribution in [2.75, 3.05) is 0 Å². The lowest BCUT2D eigenvalue weighted by molar-refractivity contribution is -0.121. The van der Waals surface area contributed by atoms with Crippen molar-refractivity contribution in [3.05, 3.63) is 56.1 Å². The molecule has 1 fully saturated rings. The Bertz CT molecular complexity index is 790. The van der Waals surface area contributed by atoms with Gasteiger partial charge in [0.15, 0.2) is 0 Å². The van der Waals surface area contributed by atoms with Gasteiger partial charge in [0, 0.05) is 29.2 Å². The van der Waals surface area contributed by atoms with E-state index in [1.807, 2.05) is 28.1 Å². The Hall–Kier alpha value is -1.88. The lowest BCUT2D eigenvalue weighted by Crippen LogP contribution is -2.41. The van der Waals surface area contributed by atoms with Crippen LogP contribution in [0.4, 0.5) is 0 Å².